The Bertz CT molecular complexity index is 522. The van der Waals surface area contributed by atoms with Gasteiger partial charge in [-0.1, -0.05) is 13.8 Å². The number of carbonyl (C=O) groups excluding carboxylic acids is 2. The van der Waals surface area contributed by atoms with Crippen molar-refractivity contribution in [2.75, 3.05) is 0 Å². The Morgan fingerprint density at radius 3 is 2.55 bits per heavy atom. The molecular weight excluding hydrogens is 304 g/mol. The van der Waals surface area contributed by atoms with Crippen LogP contribution in [0.1, 0.15) is 62.6 Å². The van der Waals surface area contributed by atoms with Crippen molar-refractivity contribution in [1.82, 2.24) is 15.7 Å². The summed E-state index contributed by atoms with van der Waals surface area (Å²) < 4.78 is 5.27. The van der Waals surface area contributed by atoms with Crippen LogP contribution in [0.25, 0.3) is 0 Å². The lowest BCUT2D eigenvalue weighted by Gasteiger charge is -2.23. The van der Waals surface area contributed by atoms with Crippen molar-refractivity contribution in [2.45, 2.75) is 52.7 Å². The average Bonchev–Trinajstić information content (AvgIpc) is 2.83. The van der Waals surface area contributed by atoms with Crippen LogP contribution in [-0.4, -0.2) is 22.6 Å². The van der Waals surface area contributed by atoms with Crippen LogP contribution in [0.3, 0.4) is 0 Å². The summed E-state index contributed by atoms with van der Waals surface area (Å²) in [6, 6.07) is -0.306. The number of thiazole rings is 1. The Morgan fingerprint density at radius 1 is 1.41 bits per heavy atom. The fraction of sp³-hybridized carbons (Fsp3) is 0.643. The highest BCUT2D eigenvalue weighted by atomic mass is 32.1. The standard InChI is InChI=1S/C14H24N4O3S/c1-8(2)6-9(17-13(20)21-14(3,4)5)12-16-10(7-22-12)11(19)18-15/h7-9H,6,15H2,1-5H3,(H,17,20)(H,18,19). The smallest absolute Gasteiger partial charge is 0.408 e. The Kier molecular flexibility index (Phi) is 6.31. The molecule has 1 unspecified atom stereocenters. The van der Waals surface area contributed by atoms with Crippen molar-refractivity contribution in [3.8, 4) is 0 Å². The first-order valence-corrected chi connectivity index (χ1v) is 7.96. The van der Waals surface area contributed by atoms with Crippen molar-refractivity contribution in [3.05, 3.63) is 16.1 Å². The molecule has 22 heavy (non-hydrogen) atoms. The number of alkyl carbamates (subject to hydrolysis) is 1. The zero-order valence-electron chi connectivity index (χ0n) is 13.6. The van der Waals surface area contributed by atoms with Gasteiger partial charge in [-0.15, -0.1) is 11.3 Å². The number of nitrogens with zero attached hydrogens (tertiary/aromatic N) is 1. The van der Waals surface area contributed by atoms with Gasteiger partial charge < -0.3 is 10.1 Å². The number of amides is 2. The van der Waals surface area contributed by atoms with E-state index in [0.29, 0.717) is 17.3 Å². The summed E-state index contributed by atoms with van der Waals surface area (Å²) in [5.74, 6) is 4.98. The van der Waals surface area contributed by atoms with Gasteiger partial charge in [-0.2, -0.15) is 0 Å². The number of rotatable bonds is 5. The molecule has 8 heteroatoms. The van der Waals surface area contributed by atoms with Gasteiger partial charge in [0, 0.05) is 5.38 Å². The molecule has 0 aliphatic carbocycles. The van der Waals surface area contributed by atoms with Crippen molar-refractivity contribution in [3.63, 3.8) is 0 Å². The molecule has 4 N–H and O–H groups in total. The van der Waals surface area contributed by atoms with Crippen LogP contribution in [-0.2, 0) is 4.74 Å². The number of nitrogens with one attached hydrogen (secondary N) is 2. The normalized spacial score (nSPS) is 12.9. The minimum absolute atomic E-state index is 0.238. The second-order valence-corrected chi connectivity index (χ2v) is 7.26. The molecule has 0 radical (unpaired) electrons. The highest BCUT2D eigenvalue weighted by molar-refractivity contribution is 7.09. The van der Waals surface area contributed by atoms with Gasteiger partial charge in [-0.3, -0.25) is 10.2 Å². The Balaban J connectivity index is 2.86. The number of hydrazine groups is 1. The predicted octanol–water partition coefficient (Wildman–Crippen LogP) is 2.36. The van der Waals surface area contributed by atoms with Gasteiger partial charge in [0.15, 0.2) is 0 Å². The van der Waals surface area contributed by atoms with Crippen LogP contribution >= 0.6 is 11.3 Å². The van der Waals surface area contributed by atoms with E-state index < -0.39 is 17.6 Å². The lowest BCUT2D eigenvalue weighted by molar-refractivity contribution is 0.0497. The lowest BCUT2D eigenvalue weighted by Crippen LogP contribution is -2.35. The fourth-order valence-electron chi connectivity index (χ4n) is 1.77. The molecule has 1 atom stereocenters. The van der Waals surface area contributed by atoms with E-state index in [1.165, 1.54) is 11.3 Å². The molecule has 2 amide bonds. The third-order valence-corrected chi connectivity index (χ3v) is 3.54. The van der Waals surface area contributed by atoms with E-state index in [2.05, 4.69) is 10.3 Å². The van der Waals surface area contributed by atoms with Gasteiger partial charge in [0.2, 0.25) is 0 Å². The monoisotopic (exact) mass is 328 g/mol. The van der Waals surface area contributed by atoms with Crippen LogP contribution < -0.4 is 16.6 Å². The van der Waals surface area contributed by atoms with Crippen molar-refractivity contribution in [1.29, 1.82) is 0 Å². The van der Waals surface area contributed by atoms with E-state index in [1.807, 2.05) is 19.3 Å². The zero-order chi connectivity index (χ0) is 16.9. The number of hydrogen-bond acceptors (Lipinski definition) is 6. The maximum atomic E-state index is 12.0. The number of nitrogens with two attached hydrogens (primary N) is 1. The number of hydrogen-bond donors (Lipinski definition) is 3. The van der Waals surface area contributed by atoms with Crippen LogP contribution in [0.2, 0.25) is 0 Å². The third kappa shape index (κ3) is 5.98. The van der Waals surface area contributed by atoms with E-state index in [0.717, 1.165) is 0 Å². The molecule has 7 nitrogen and oxygen atoms in total. The van der Waals surface area contributed by atoms with Gasteiger partial charge in [-0.05, 0) is 33.1 Å². The summed E-state index contributed by atoms with van der Waals surface area (Å²) >= 11 is 1.31. The number of carbonyl (C=O) groups is 2. The van der Waals surface area contributed by atoms with Crippen LogP contribution in [0.15, 0.2) is 5.38 Å². The Hall–Kier alpha value is -1.67. The minimum Gasteiger partial charge on any atom is -0.444 e. The quantitative estimate of drug-likeness (QED) is 0.437. The topological polar surface area (TPSA) is 106 Å². The third-order valence-electron chi connectivity index (χ3n) is 2.58. The molecule has 0 saturated heterocycles. The molecule has 1 aromatic heterocycles. The largest absolute Gasteiger partial charge is 0.444 e. The number of aromatic nitrogens is 1. The summed E-state index contributed by atoms with van der Waals surface area (Å²) in [6.45, 7) is 9.50. The second kappa shape index (κ2) is 7.55. The molecule has 1 rings (SSSR count). The summed E-state index contributed by atoms with van der Waals surface area (Å²) in [5, 5.41) is 5.08. The molecule has 0 aliphatic rings. The minimum atomic E-state index is -0.570. The van der Waals surface area contributed by atoms with E-state index in [1.54, 1.807) is 26.2 Å². The fourth-order valence-corrected chi connectivity index (χ4v) is 2.63. The Labute approximate surface area is 134 Å². The van der Waals surface area contributed by atoms with Crippen LogP contribution in [0, 0.1) is 5.92 Å². The molecule has 0 fully saturated rings. The maximum Gasteiger partial charge on any atom is 0.408 e. The highest BCUT2D eigenvalue weighted by Crippen LogP contribution is 2.25. The molecule has 1 heterocycles. The van der Waals surface area contributed by atoms with Gasteiger partial charge >= 0.3 is 6.09 Å². The van der Waals surface area contributed by atoms with Gasteiger partial charge in [0.25, 0.3) is 5.91 Å². The first-order chi connectivity index (χ1) is 10.1. The molecule has 0 aromatic carbocycles. The highest BCUT2D eigenvalue weighted by Gasteiger charge is 2.24. The first kappa shape index (κ1) is 18.4. The van der Waals surface area contributed by atoms with Crippen molar-refractivity contribution in [2.24, 2.45) is 11.8 Å². The molecule has 1 aromatic rings. The van der Waals surface area contributed by atoms with E-state index in [9.17, 15) is 9.59 Å². The summed E-state index contributed by atoms with van der Waals surface area (Å²) in [6.07, 6.45) is 0.189. The van der Waals surface area contributed by atoms with Crippen molar-refractivity contribution < 1.29 is 14.3 Å². The molecule has 0 saturated carbocycles. The Morgan fingerprint density at radius 2 is 2.05 bits per heavy atom. The molecule has 124 valence electrons. The van der Waals surface area contributed by atoms with E-state index in [-0.39, 0.29) is 11.7 Å². The number of ether oxygens (including phenoxy) is 1. The second-order valence-electron chi connectivity index (χ2n) is 6.37. The van der Waals surface area contributed by atoms with Gasteiger partial charge in [-0.25, -0.2) is 15.6 Å². The number of nitrogen functional groups attached to an aromatic ring is 1. The summed E-state index contributed by atoms with van der Waals surface area (Å²) in [4.78, 5) is 27.7. The molecule has 0 bridgehead atoms. The van der Waals surface area contributed by atoms with Crippen molar-refractivity contribution >= 4 is 23.3 Å². The summed E-state index contributed by atoms with van der Waals surface area (Å²) in [5.41, 5.74) is 1.71. The summed E-state index contributed by atoms with van der Waals surface area (Å²) in [7, 11) is 0. The molecular formula is C14H24N4O3S. The van der Waals surface area contributed by atoms with Crippen LogP contribution in [0.5, 0.6) is 0 Å². The average molecular weight is 328 g/mol. The van der Waals surface area contributed by atoms with E-state index in [4.69, 9.17) is 10.6 Å². The maximum absolute atomic E-state index is 12.0. The van der Waals surface area contributed by atoms with Gasteiger partial charge in [0.1, 0.15) is 16.3 Å². The first-order valence-electron chi connectivity index (χ1n) is 7.08. The van der Waals surface area contributed by atoms with E-state index >= 15 is 0 Å². The SMILES string of the molecule is CC(C)CC(NC(=O)OC(C)(C)C)c1nc(C(=O)NN)cs1. The van der Waals surface area contributed by atoms with Gasteiger partial charge in [0.05, 0.1) is 6.04 Å². The van der Waals surface area contributed by atoms with Crippen LogP contribution in [0.4, 0.5) is 4.79 Å². The predicted molar refractivity (Wildman–Crippen MR) is 85.3 cm³/mol. The molecule has 0 spiro atoms. The lowest BCUT2D eigenvalue weighted by atomic mass is 10.0. The zero-order valence-corrected chi connectivity index (χ0v) is 14.4. The molecule has 0 aliphatic heterocycles.